The molecule has 0 N–H and O–H groups in total. The van der Waals surface area contributed by atoms with E-state index >= 15 is 0 Å². The van der Waals surface area contributed by atoms with Gasteiger partial charge in [0.15, 0.2) is 5.41 Å². The minimum absolute atomic E-state index is 0.378. The molecule has 3 heteroatoms. The van der Waals surface area contributed by atoms with Gasteiger partial charge in [-0.3, -0.25) is 4.79 Å². The lowest BCUT2D eigenvalue weighted by molar-refractivity contribution is -0.148. The highest BCUT2D eigenvalue weighted by atomic mass is 16.5. The number of hydrogen-bond acceptors (Lipinski definition) is 3. The SMILES string of the molecule is COC(=O)[C@](C)(C#N)Cc1ccccc1C. The third-order valence-electron chi connectivity index (χ3n) is 2.69. The lowest BCUT2D eigenvalue weighted by Crippen LogP contribution is -2.30. The van der Waals surface area contributed by atoms with Crippen molar-refractivity contribution >= 4 is 5.97 Å². The molecule has 0 amide bonds. The molecule has 1 rings (SSSR count). The highest BCUT2D eigenvalue weighted by molar-refractivity contribution is 5.79. The molecule has 1 aromatic carbocycles. The van der Waals surface area contributed by atoms with E-state index in [4.69, 9.17) is 5.26 Å². The van der Waals surface area contributed by atoms with E-state index in [0.717, 1.165) is 11.1 Å². The summed E-state index contributed by atoms with van der Waals surface area (Å²) >= 11 is 0. The van der Waals surface area contributed by atoms with Crippen LogP contribution < -0.4 is 0 Å². The number of aryl methyl sites for hydroxylation is 1. The van der Waals surface area contributed by atoms with E-state index < -0.39 is 11.4 Å². The van der Waals surface area contributed by atoms with E-state index in [0.29, 0.717) is 6.42 Å². The first kappa shape index (κ1) is 12.3. The number of hydrogen-bond donors (Lipinski definition) is 0. The molecule has 0 radical (unpaired) electrons. The minimum atomic E-state index is -1.11. The van der Waals surface area contributed by atoms with Crippen molar-refractivity contribution in [1.82, 2.24) is 0 Å². The Morgan fingerprint density at radius 2 is 2.12 bits per heavy atom. The third-order valence-corrected chi connectivity index (χ3v) is 2.69. The van der Waals surface area contributed by atoms with E-state index in [-0.39, 0.29) is 0 Å². The summed E-state index contributed by atoms with van der Waals surface area (Å²) in [5, 5.41) is 9.09. The van der Waals surface area contributed by atoms with Crippen molar-refractivity contribution < 1.29 is 9.53 Å². The van der Waals surface area contributed by atoms with Gasteiger partial charge in [0.2, 0.25) is 0 Å². The standard InChI is InChI=1S/C13H15NO2/c1-10-6-4-5-7-11(10)8-13(2,9-14)12(15)16-3/h4-7H,8H2,1-3H3/t13-/m0/s1. The Kier molecular flexibility index (Phi) is 3.68. The Morgan fingerprint density at radius 1 is 1.50 bits per heavy atom. The fraction of sp³-hybridized carbons (Fsp3) is 0.385. The van der Waals surface area contributed by atoms with Crippen LogP contribution in [0.1, 0.15) is 18.1 Å². The summed E-state index contributed by atoms with van der Waals surface area (Å²) in [5.74, 6) is -0.488. The maximum atomic E-state index is 11.5. The number of rotatable bonds is 3. The van der Waals surface area contributed by atoms with Crippen LogP contribution in [0.5, 0.6) is 0 Å². The second kappa shape index (κ2) is 4.80. The highest BCUT2D eigenvalue weighted by Crippen LogP contribution is 2.24. The van der Waals surface area contributed by atoms with Crippen molar-refractivity contribution in [2.45, 2.75) is 20.3 Å². The molecule has 3 nitrogen and oxygen atoms in total. The predicted octanol–water partition coefficient (Wildman–Crippen LogP) is 2.24. The zero-order valence-electron chi connectivity index (χ0n) is 9.78. The molecule has 0 saturated heterocycles. The molecule has 0 saturated carbocycles. The molecule has 0 aliphatic carbocycles. The average molecular weight is 217 g/mol. The molecule has 0 bridgehead atoms. The Morgan fingerprint density at radius 3 is 2.62 bits per heavy atom. The number of benzene rings is 1. The molecular formula is C13H15NO2. The van der Waals surface area contributed by atoms with E-state index in [9.17, 15) is 4.79 Å². The molecule has 0 spiro atoms. The van der Waals surface area contributed by atoms with E-state index in [1.54, 1.807) is 6.92 Å². The summed E-state index contributed by atoms with van der Waals surface area (Å²) in [7, 11) is 1.30. The first-order chi connectivity index (χ1) is 7.53. The van der Waals surface area contributed by atoms with E-state index in [2.05, 4.69) is 4.74 Å². The zero-order chi connectivity index (χ0) is 12.2. The number of esters is 1. The van der Waals surface area contributed by atoms with Gasteiger partial charge in [-0.1, -0.05) is 24.3 Å². The first-order valence-electron chi connectivity index (χ1n) is 5.07. The summed E-state index contributed by atoms with van der Waals surface area (Å²) in [6.45, 7) is 3.57. The zero-order valence-corrected chi connectivity index (χ0v) is 9.78. The topological polar surface area (TPSA) is 50.1 Å². The van der Waals surface area contributed by atoms with Crippen LogP contribution in [0.25, 0.3) is 0 Å². The monoisotopic (exact) mass is 217 g/mol. The van der Waals surface area contributed by atoms with Crippen LogP contribution in [0.3, 0.4) is 0 Å². The van der Waals surface area contributed by atoms with E-state index in [1.807, 2.05) is 37.3 Å². The molecule has 16 heavy (non-hydrogen) atoms. The number of carbonyl (C=O) groups excluding carboxylic acids is 1. The molecule has 1 aromatic rings. The molecule has 0 aliphatic heterocycles. The Bertz CT molecular complexity index is 434. The molecule has 84 valence electrons. The maximum absolute atomic E-state index is 11.5. The van der Waals surface area contributed by atoms with Crippen molar-refractivity contribution in [3.8, 4) is 6.07 Å². The van der Waals surface area contributed by atoms with Crippen LogP contribution in [0.4, 0.5) is 0 Å². The van der Waals surface area contributed by atoms with Gasteiger partial charge in [-0.2, -0.15) is 5.26 Å². The van der Waals surface area contributed by atoms with Crippen LogP contribution in [0.2, 0.25) is 0 Å². The van der Waals surface area contributed by atoms with Gasteiger partial charge >= 0.3 is 5.97 Å². The van der Waals surface area contributed by atoms with Crippen LogP contribution in [-0.4, -0.2) is 13.1 Å². The largest absolute Gasteiger partial charge is 0.468 e. The van der Waals surface area contributed by atoms with Crippen LogP contribution in [-0.2, 0) is 16.0 Å². The second-order valence-corrected chi connectivity index (χ2v) is 4.04. The van der Waals surface area contributed by atoms with Gasteiger partial charge in [-0.05, 0) is 25.0 Å². The summed E-state index contributed by atoms with van der Waals surface area (Å²) in [6.07, 6.45) is 0.378. The lowest BCUT2D eigenvalue weighted by Gasteiger charge is -2.19. The van der Waals surface area contributed by atoms with Gasteiger partial charge in [-0.15, -0.1) is 0 Å². The molecule has 0 aromatic heterocycles. The molecule has 0 fully saturated rings. The smallest absolute Gasteiger partial charge is 0.326 e. The lowest BCUT2D eigenvalue weighted by atomic mass is 9.84. The summed E-state index contributed by atoms with van der Waals surface area (Å²) in [6, 6.07) is 9.75. The molecule has 1 atom stereocenters. The number of nitrogens with zero attached hydrogens (tertiary/aromatic N) is 1. The Hall–Kier alpha value is -1.82. The van der Waals surface area contributed by atoms with Crippen molar-refractivity contribution in [2.24, 2.45) is 5.41 Å². The number of methoxy groups -OCH3 is 1. The van der Waals surface area contributed by atoms with Crippen molar-refractivity contribution in [1.29, 1.82) is 5.26 Å². The predicted molar refractivity (Wildman–Crippen MR) is 60.6 cm³/mol. The molecule has 0 aliphatic rings. The maximum Gasteiger partial charge on any atom is 0.326 e. The summed E-state index contributed by atoms with van der Waals surface area (Å²) < 4.78 is 4.66. The minimum Gasteiger partial charge on any atom is -0.468 e. The van der Waals surface area contributed by atoms with Gasteiger partial charge in [0.05, 0.1) is 13.2 Å². The molecule has 0 unspecified atom stereocenters. The summed E-state index contributed by atoms with van der Waals surface area (Å²) in [4.78, 5) is 11.5. The quantitative estimate of drug-likeness (QED) is 0.729. The Balaban J connectivity index is 3.00. The van der Waals surface area contributed by atoms with Crippen molar-refractivity contribution in [3.05, 3.63) is 35.4 Å². The Labute approximate surface area is 95.7 Å². The van der Waals surface area contributed by atoms with Gasteiger partial charge in [0.1, 0.15) is 0 Å². The molecule has 0 heterocycles. The van der Waals surface area contributed by atoms with E-state index in [1.165, 1.54) is 7.11 Å². The van der Waals surface area contributed by atoms with Crippen molar-refractivity contribution in [2.75, 3.05) is 7.11 Å². The van der Waals surface area contributed by atoms with Crippen molar-refractivity contribution in [3.63, 3.8) is 0 Å². The number of nitriles is 1. The van der Waals surface area contributed by atoms with Gasteiger partial charge in [0, 0.05) is 6.42 Å². The fourth-order valence-corrected chi connectivity index (χ4v) is 1.57. The third kappa shape index (κ3) is 2.40. The molecular weight excluding hydrogens is 202 g/mol. The fourth-order valence-electron chi connectivity index (χ4n) is 1.57. The van der Waals surface area contributed by atoms with Crippen LogP contribution in [0.15, 0.2) is 24.3 Å². The average Bonchev–Trinajstić information content (AvgIpc) is 2.31. The summed E-state index contributed by atoms with van der Waals surface area (Å²) in [5.41, 5.74) is 0.964. The number of ether oxygens (including phenoxy) is 1. The number of carbonyl (C=O) groups is 1. The second-order valence-electron chi connectivity index (χ2n) is 4.04. The van der Waals surface area contributed by atoms with Crippen LogP contribution >= 0.6 is 0 Å². The first-order valence-corrected chi connectivity index (χ1v) is 5.07. The van der Waals surface area contributed by atoms with Crippen LogP contribution in [0, 0.1) is 23.7 Å². The normalized spacial score (nSPS) is 13.6. The van der Waals surface area contributed by atoms with Gasteiger partial charge in [-0.25, -0.2) is 0 Å². The van der Waals surface area contributed by atoms with Gasteiger partial charge in [0.25, 0.3) is 0 Å². The highest BCUT2D eigenvalue weighted by Gasteiger charge is 2.35. The van der Waals surface area contributed by atoms with Gasteiger partial charge < -0.3 is 4.74 Å².